The van der Waals surface area contributed by atoms with Crippen LogP contribution in [0.25, 0.3) is 0 Å². The molecule has 1 aliphatic rings. The van der Waals surface area contributed by atoms with Gasteiger partial charge in [-0.2, -0.15) is 0 Å². The number of hydrogen-bond donors (Lipinski definition) is 2. The maximum Gasteiger partial charge on any atom is 0.334 e. The number of rotatable bonds is 7. The van der Waals surface area contributed by atoms with Gasteiger partial charge < -0.3 is 24.8 Å². The first-order valence-electron chi connectivity index (χ1n) is 7.44. The third-order valence-corrected chi connectivity index (χ3v) is 3.90. The van der Waals surface area contributed by atoms with Crippen LogP contribution in [0, 0.1) is 5.92 Å². The van der Waals surface area contributed by atoms with Crippen molar-refractivity contribution in [3.63, 3.8) is 0 Å². The lowest BCUT2D eigenvalue weighted by atomic mass is 10.1. The number of aliphatic carboxylic acids is 1. The topological polar surface area (TPSA) is 105 Å². The molecule has 0 radical (unpaired) electrons. The molecule has 1 fully saturated rings. The Bertz CT molecular complexity index is 615. The van der Waals surface area contributed by atoms with Gasteiger partial charge in [-0.15, -0.1) is 0 Å². The summed E-state index contributed by atoms with van der Waals surface area (Å²) in [6.45, 7) is 0.111. The number of carboxylic acid groups (broad SMARTS) is 1. The molecule has 24 heavy (non-hydrogen) atoms. The summed E-state index contributed by atoms with van der Waals surface area (Å²) in [5.41, 5.74) is 0.691. The predicted octanol–water partition coefficient (Wildman–Crippen LogP) is 0.264. The second kappa shape index (κ2) is 7.78. The standard InChI is InChI=1S/C16H20N2O6/c1-23-12-5-3-11(4-6-12)18-9-10(7-14(18)19)15(20)17-8-13(24-2)16(21)22/h3-6,10,13H,7-9H2,1-2H3,(H,17,20)(H,21,22). The highest BCUT2D eigenvalue weighted by Crippen LogP contribution is 2.26. The lowest BCUT2D eigenvalue weighted by molar-refractivity contribution is -0.148. The van der Waals surface area contributed by atoms with Crippen molar-refractivity contribution < 1.29 is 29.0 Å². The smallest absolute Gasteiger partial charge is 0.334 e. The zero-order valence-electron chi connectivity index (χ0n) is 13.5. The SMILES string of the molecule is COc1ccc(N2CC(C(=O)NCC(OC)C(=O)O)CC2=O)cc1. The fourth-order valence-electron chi connectivity index (χ4n) is 2.50. The van der Waals surface area contributed by atoms with E-state index in [4.69, 9.17) is 14.6 Å². The molecule has 1 aromatic carbocycles. The Morgan fingerprint density at radius 2 is 2.00 bits per heavy atom. The van der Waals surface area contributed by atoms with Crippen molar-refractivity contribution in [1.29, 1.82) is 0 Å². The Balaban J connectivity index is 1.95. The fourth-order valence-corrected chi connectivity index (χ4v) is 2.50. The van der Waals surface area contributed by atoms with Crippen LogP contribution in [0.15, 0.2) is 24.3 Å². The van der Waals surface area contributed by atoms with E-state index in [1.54, 1.807) is 31.4 Å². The molecule has 0 aliphatic carbocycles. The van der Waals surface area contributed by atoms with Crippen molar-refractivity contribution in [1.82, 2.24) is 5.32 Å². The third-order valence-electron chi connectivity index (χ3n) is 3.90. The van der Waals surface area contributed by atoms with E-state index in [9.17, 15) is 14.4 Å². The van der Waals surface area contributed by atoms with Crippen LogP contribution >= 0.6 is 0 Å². The summed E-state index contributed by atoms with van der Waals surface area (Å²) >= 11 is 0. The molecule has 0 aromatic heterocycles. The Kier molecular flexibility index (Phi) is 5.75. The molecule has 1 heterocycles. The Hall–Kier alpha value is -2.61. The molecule has 0 bridgehead atoms. The highest BCUT2D eigenvalue weighted by atomic mass is 16.5. The molecule has 0 spiro atoms. The van der Waals surface area contributed by atoms with Gasteiger partial charge in [0.15, 0.2) is 6.10 Å². The Labute approximate surface area is 139 Å². The minimum atomic E-state index is -1.15. The average molecular weight is 336 g/mol. The van der Waals surface area contributed by atoms with Crippen LogP contribution in [-0.4, -0.2) is 56.3 Å². The first-order valence-corrected chi connectivity index (χ1v) is 7.44. The highest BCUT2D eigenvalue weighted by Gasteiger charge is 2.35. The largest absolute Gasteiger partial charge is 0.497 e. The normalized spacial score (nSPS) is 18.3. The first-order chi connectivity index (χ1) is 11.5. The van der Waals surface area contributed by atoms with Gasteiger partial charge in [0.1, 0.15) is 5.75 Å². The summed E-state index contributed by atoms with van der Waals surface area (Å²) in [7, 11) is 2.82. The molecule has 8 nitrogen and oxygen atoms in total. The van der Waals surface area contributed by atoms with Crippen molar-refractivity contribution in [3.8, 4) is 5.75 Å². The predicted molar refractivity (Wildman–Crippen MR) is 84.9 cm³/mol. The van der Waals surface area contributed by atoms with Gasteiger partial charge in [-0.05, 0) is 24.3 Å². The number of benzene rings is 1. The van der Waals surface area contributed by atoms with E-state index in [1.807, 2.05) is 0 Å². The number of nitrogens with one attached hydrogen (secondary N) is 1. The van der Waals surface area contributed by atoms with E-state index in [0.29, 0.717) is 11.4 Å². The van der Waals surface area contributed by atoms with Crippen LogP contribution in [-0.2, 0) is 19.1 Å². The van der Waals surface area contributed by atoms with Crippen molar-refractivity contribution in [2.75, 3.05) is 32.2 Å². The minimum absolute atomic E-state index is 0.0859. The number of carboxylic acids is 1. The molecule has 1 aromatic rings. The summed E-state index contributed by atoms with van der Waals surface area (Å²) in [6, 6.07) is 6.99. The average Bonchev–Trinajstić information content (AvgIpc) is 2.97. The molecule has 2 N–H and O–H groups in total. The number of carbonyl (C=O) groups excluding carboxylic acids is 2. The van der Waals surface area contributed by atoms with Crippen molar-refractivity contribution in [2.24, 2.45) is 5.92 Å². The lowest BCUT2D eigenvalue weighted by Gasteiger charge is -2.17. The monoisotopic (exact) mass is 336 g/mol. The minimum Gasteiger partial charge on any atom is -0.497 e. The van der Waals surface area contributed by atoms with Crippen LogP contribution in [0.1, 0.15) is 6.42 Å². The van der Waals surface area contributed by atoms with Crippen LogP contribution < -0.4 is 15.0 Å². The van der Waals surface area contributed by atoms with E-state index in [-0.39, 0.29) is 31.3 Å². The van der Waals surface area contributed by atoms with Gasteiger partial charge in [0.25, 0.3) is 0 Å². The van der Waals surface area contributed by atoms with E-state index < -0.39 is 18.0 Å². The van der Waals surface area contributed by atoms with Gasteiger partial charge in [-0.25, -0.2) is 4.79 Å². The molecule has 2 rings (SSSR count). The van der Waals surface area contributed by atoms with E-state index in [1.165, 1.54) is 12.0 Å². The van der Waals surface area contributed by atoms with Gasteiger partial charge in [0, 0.05) is 25.8 Å². The van der Waals surface area contributed by atoms with Crippen LogP contribution in [0.3, 0.4) is 0 Å². The van der Waals surface area contributed by atoms with Crippen LogP contribution in [0.2, 0.25) is 0 Å². The number of hydrogen-bond acceptors (Lipinski definition) is 5. The molecule has 1 saturated heterocycles. The molecule has 130 valence electrons. The zero-order valence-corrected chi connectivity index (χ0v) is 13.5. The number of amides is 2. The molecular weight excluding hydrogens is 316 g/mol. The molecule has 2 atom stereocenters. The number of methoxy groups -OCH3 is 2. The van der Waals surface area contributed by atoms with Gasteiger partial charge in [0.2, 0.25) is 11.8 Å². The maximum atomic E-state index is 12.2. The van der Waals surface area contributed by atoms with Crippen LogP contribution in [0.4, 0.5) is 5.69 Å². The number of carbonyl (C=O) groups is 3. The Morgan fingerprint density at radius 1 is 1.33 bits per heavy atom. The van der Waals surface area contributed by atoms with E-state index in [0.717, 1.165) is 0 Å². The summed E-state index contributed by atoms with van der Waals surface area (Å²) in [5, 5.41) is 11.4. The van der Waals surface area contributed by atoms with Crippen molar-refractivity contribution in [2.45, 2.75) is 12.5 Å². The molecule has 2 unspecified atom stereocenters. The lowest BCUT2D eigenvalue weighted by Crippen LogP contribution is -2.41. The number of nitrogens with zero attached hydrogens (tertiary/aromatic N) is 1. The summed E-state index contributed by atoms with van der Waals surface area (Å²) < 4.78 is 9.83. The fraction of sp³-hybridized carbons (Fsp3) is 0.438. The maximum absolute atomic E-state index is 12.2. The van der Waals surface area contributed by atoms with Gasteiger partial charge in [-0.1, -0.05) is 0 Å². The summed E-state index contributed by atoms with van der Waals surface area (Å²) in [6.07, 6.45) is -1.02. The van der Waals surface area contributed by atoms with Gasteiger partial charge in [0.05, 0.1) is 19.6 Å². The van der Waals surface area contributed by atoms with Crippen molar-refractivity contribution >= 4 is 23.5 Å². The zero-order chi connectivity index (χ0) is 17.7. The van der Waals surface area contributed by atoms with Crippen molar-refractivity contribution in [3.05, 3.63) is 24.3 Å². The molecule has 1 aliphatic heterocycles. The Morgan fingerprint density at radius 3 is 2.54 bits per heavy atom. The summed E-state index contributed by atoms with van der Waals surface area (Å²) in [4.78, 5) is 36.7. The second-order valence-corrected chi connectivity index (χ2v) is 5.41. The highest BCUT2D eigenvalue weighted by molar-refractivity contribution is 6.00. The number of anilines is 1. The molecular formula is C16H20N2O6. The van der Waals surface area contributed by atoms with E-state index >= 15 is 0 Å². The van der Waals surface area contributed by atoms with E-state index in [2.05, 4.69) is 5.32 Å². The summed E-state index contributed by atoms with van der Waals surface area (Å²) in [5.74, 6) is -1.51. The molecule has 8 heteroatoms. The number of ether oxygens (including phenoxy) is 2. The van der Waals surface area contributed by atoms with Gasteiger partial charge >= 0.3 is 5.97 Å². The quantitative estimate of drug-likeness (QED) is 0.740. The third kappa shape index (κ3) is 4.02. The molecule has 2 amide bonds. The first kappa shape index (κ1) is 17.7. The second-order valence-electron chi connectivity index (χ2n) is 5.41. The van der Waals surface area contributed by atoms with Crippen LogP contribution in [0.5, 0.6) is 5.75 Å². The van der Waals surface area contributed by atoms with Gasteiger partial charge in [-0.3, -0.25) is 9.59 Å². The molecule has 0 saturated carbocycles.